The monoisotopic (exact) mass is 395 g/mol. The van der Waals surface area contributed by atoms with Crippen molar-refractivity contribution < 1.29 is 19.1 Å². The standard InChI is InChI=1S/C22H25N3O4/c26-20(11-6-14-23-22(28)29-15-16-7-2-1-3-8-16)25-19-10-5-4-9-18(19)21(27)24-17-12-13-17/h1-5,7-10,17H,6,11-15H2,(H,23,28)(H,24,27)(H,25,26). The van der Waals surface area contributed by atoms with Gasteiger partial charge in [-0.3, -0.25) is 9.59 Å². The molecule has 0 unspecified atom stereocenters. The first-order valence-electron chi connectivity index (χ1n) is 9.76. The highest BCUT2D eigenvalue weighted by atomic mass is 16.5. The lowest BCUT2D eigenvalue weighted by Crippen LogP contribution is -2.27. The quantitative estimate of drug-likeness (QED) is 0.568. The molecule has 0 saturated heterocycles. The van der Waals surface area contributed by atoms with Gasteiger partial charge in [0.15, 0.2) is 0 Å². The highest BCUT2D eigenvalue weighted by molar-refractivity contribution is 6.03. The maximum atomic E-state index is 12.3. The molecule has 2 aromatic rings. The fourth-order valence-corrected chi connectivity index (χ4v) is 2.71. The van der Waals surface area contributed by atoms with Crippen molar-refractivity contribution in [3.05, 3.63) is 65.7 Å². The Balaban J connectivity index is 1.36. The molecule has 1 fully saturated rings. The zero-order valence-electron chi connectivity index (χ0n) is 16.1. The third kappa shape index (κ3) is 6.95. The summed E-state index contributed by atoms with van der Waals surface area (Å²) in [6, 6.07) is 16.6. The third-order valence-corrected chi connectivity index (χ3v) is 4.42. The van der Waals surface area contributed by atoms with Gasteiger partial charge in [0.1, 0.15) is 6.61 Å². The van der Waals surface area contributed by atoms with E-state index >= 15 is 0 Å². The van der Waals surface area contributed by atoms with Gasteiger partial charge in [0, 0.05) is 19.0 Å². The molecule has 3 rings (SSSR count). The molecule has 0 spiro atoms. The predicted molar refractivity (Wildman–Crippen MR) is 109 cm³/mol. The molecule has 3 N–H and O–H groups in total. The molecule has 3 amide bonds. The highest BCUT2D eigenvalue weighted by Crippen LogP contribution is 2.21. The first-order valence-corrected chi connectivity index (χ1v) is 9.76. The van der Waals surface area contributed by atoms with Crippen LogP contribution < -0.4 is 16.0 Å². The van der Waals surface area contributed by atoms with Crippen LogP contribution in [0, 0.1) is 0 Å². The zero-order valence-corrected chi connectivity index (χ0v) is 16.1. The summed E-state index contributed by atoms with van der Waals surface area (Å²) in [7, 11) is 0. The summed E-state index contributed by atoms with van der Waals surface area (Å²) in [6.07, 6.45) is 2.17. The smallest absolute Gasteiger partial charge is 0.407 e. The van der Waals surface area contributed by atoms with Crippen LogP contribution in [-0.4, -0.2) is 30.5 Å². The minimum absolute atomic E-state index is 0.175. The van der Waals surface area contributed by atoms with Crippen molar-refractivity contribution in [1.29, 1.82) is 0 Å². The Bertz CT molecular complexity index is 850. The van der Waals surface area contributed by atoms with Crippen molar-refractivity contribution >= 4 is 23.6 Å². The summed E-state index contributed by atoms with van der Waals surface area (Å²) in [4.78, 5) is 36.1. The van der Waals surface area contributed by atoms with Crippen molar-refractivity contribution in [3.8, 4) is 0 Å². The number of ether oxygens (including phenoxy) is 1. The van der Waals surface area contributed by atoms with Crippen LogP contribution in [-0.2, 0) is 16.1 Å². The summed E-state index contributed by atoms with van der Waals surface area (Å²) in [6.45, 7) is 0.526. The maximum absolute atomic E-state index is 12.3. The van der Waals surface area contributed by atoms with Crippen LogP contribution in [0.2, 0.25) is 0 Å². The normalized spacial score (nSPS) is 12.7. The Morgan fingerprint density at radius 2 is 1.69 bits per heavy atom. The van der Waals surface area contributed by atoms with Gasteiger partial charge in [-0.2, -0.15) is 0 Å². The Morgan fingerprint density at radius 1 is 0.966 bits per heavy atom. The number of nitrogens with one attached hydrogen (secondary N) is 3. The first kappa shape index (κ1) is 20.4. The van der Waals surface area contributed by atoms with Crippen LogP contribution in [0.4, 0.5) is 10.5 Å². The predicted octanol–water partition coefficient (Wildman–Crippen LogP) is 3.22. The maximum Gasteiger partial charge on any atom is 0.407 e. The van der Waals surface area contributed by atoms with Gasteiger partial charge in [-0.15, -0.1) is 0 Å². The topological polar surface area (TPSA) is 96.5 Å². The Labute approximate surface area is 169 Å². The Morgan fingerprint density at radius 3 is 2.45 bits per heavy atom. The van der Waals surface area contributed by atoms with Crippen LogP contribution in [0.25, 0.3) is 0 Å². The number of carbonyl (C=O) groups is 3. The lowest BCUT2D eigenvalue weighted by molar-refractivity contribution is -0.116. The highest BCUT2D eigenvalue weighted by Gasteiger charge is 2.24. The zero-order chi connectivity index (χ0) is 20.5. The van der Waals surface area contributed by atoms with Gasteiger partial charge in [-0.25, -0.2) is 4.79 Å². The molecule has 1 aliphatic rings. The van der Waals surface area contributed by atoms with E-state index < -0.39 is 6.09 Å². The van der Waals surface area contributed by atoms with Gasteiger partial charge >= 0.3 is 6.09 Å². The van der Waals surface area contributed by atoms with E-state index in [1.54, 1.807) is 24.3 Å². The lowest BCUT2D eigenvalue weighted by atomic mass is 10.1. The molecule has 2 aromatic carbocycles. The molecule has 0 aliphatic heterocycles. The number of hydrogen-bond acceptors (Lipinski definition) is 4. The molecule has 1 aliphatic carbocycles. The molecule has 152 valence electrons. The lowest BCUT2D eigenvalue weighted by Gasteiger charge is -2.11. The fourth-order valence-electron chi connectivity index (χ4n) is 2.71. The van der Waals surface area contributed by atoms with Crippen molar-refractivity contribution in [2.75, 3.05) is 11.9 Å². The van der Waals surface area contributed by atoms with Crippen LogP contribution in [0.5, 0.6) is 0 Å². The number of amides is 3. The molecule has 7 nitrogen and oxygen atoms in total. The molecular formula is C22H25N3O4. The number of para-hydroxylation sites is 1. The average molecular weight is 395 g/mol. The number of hydrogen-bond donors (Lipinski definition) is 3. The molecular weight excluding hydrogens is 370 g/mol. The van der Waals surface area contributed by atoms with E-state index in [1.165, 1.54) is 0 Å². The number of rotatable bonds is 9. The summed E-state index contributed by atoms with van der Waals surface area (Å²) in [5.74, 6) is -0.387. The summed E-state index contributed by atoms with van der Waals surface area (Å²) in [5, 5.41) is 8.32. The molecule has 0 aromatic heterocycles. The van der Waals surface area contributed by atoms with E-state index in [2.05, 4.69) is 16.0 Å². The molecule has 29 heavy (non-hydrogen) atoms. The van der Waals surface area contributed by atoms with Crippen molar-refractivity contribution in [1.82, 2.24) is 10.6 Å². The van der Waals surface area contributed by atoms with E-state index in [1.807, 2.05) is 30.3 Å². The molecule has 7 heteroatoms. The van der Waals surface area contributed by atoms with Gasteiger partial charge in [0.2, 0.25) is 5.91 Å². The second kappa shape index (κ2) is 10.3. The third-order valence-electron chi connectivity index (χ3n) is 4.42. The first-order chi connectivity index (χ1) is 14.1. The van der Waals surface area contributed by atoms with E-state index in [-0.39, 0.29) is 30.9 Å². The van der Waals surface area contributed by atoms with E-state index in [0.717, 1.165) is 18.4 Å². The van der Waals surface area contributed by atoms with Crippen LogP contribution in [0.15, 0.2) is 54.6 Å². The minimum Gasteiger partial charge on any atom is -0.445 e. The number of carbonyl (C=O) groups excluding carboxylic acids is 3. The number of anilines is 1. The summed E-state index contributed by atoms with van der Waals surface area (Å²) >= 11 is 0. The molecule has 0 atom stereocenters. The number of alkyl carbamates (subject to hydrolysis) is 1. The van der Waals surface area contributed by atoms with Gasteiger partial charge < -0.3 is 20.7 Å². The van der Waals surface area contributed by atoms with E-state index in [4.69, 9.17) is 4.74 Å². The Hall–Kier alpha value is -3.35. The molecule has 0 radical (unpaired) electrons. The van der Waals surface area contributed by atoms with Crippen molar-refractivity contribution in [2.24, 2.45) is 0 Å². The van der Waals surface area contributed by atoms with Gasteiger partial charge in [-0.05, 0) is 37.0 Å². The van der Waals surface area contributed by atoms with Crippen molar-refractivity contribution in [2.45, 2.75) is 38.3 Å². The van der Waals surface area contributed by atoms with Gasteiger partial charge in [-0.1, -0.05) is 42.5 Å². The molecule has 0 bridgehead atoms. The molecule has 0 heterocycles. The summed E-state index contributed by atoms with van der Waals surface area (Å²) < 4.78 is 5.11. The second-order valence-corrected chi connectivity index (χ2v) is 6.93. The van der Waals surface area contributed by atoms with E-state index in [9.17, 15) is 14.4 Å². The Kier molecular flexibility index (Phi) is 7.22. The van der Waals surface area contributed by atoms with Crippen LogP contribution in [0.1, 0.15) is 41.6 Å². The second-order valence-electron chi connectivity index (χ2n) is 6.93. The average Bonchev–Trinajstić information content (AvgIpc) is 3.55. The minimum atomic E-state index is -0.517. The number of benzene rings is 2. The van der Waals surface area contributed by atoms with E-state index in [0.29, 0.717) is 24.2 Å². The van der Waals surface area contributed by atoms with Gasteiger partial charge in [0.25, 0.3) is 5.91 Å². The molecule has 1 saturated carbocycles. The summed E-state index contributed by atoms with van der Waals surface area (Å²) in [5.41, 5.74) is 1.85. The van der Waals surface area contributed by atoms with Crippen LogP contribution >= 0.6 is 0 Å². The van der Waals surface area contributed by atoms with Gasteiger partial charge in [0.05, 0.1) is 11.3 Å². The fraction of sp³-hybridized carbons (Fsp3) is 0.318. The van der Waals surface area contributed by atoms with Crippen molar-refractivity contribution in [3.63, 3.8) is 0 Å². The van der Waals surface area contributed by atoms with Crippen LogP contribution in [0.3, 0.4) is 0 Å². The largest absolute Gasteiger partial charge is 0.445 e. The SMILES string of the molecule is O=C(CCCNC(=O)OCc1ccccc1)Nc1ccccc1C(=O)NC1CC1.